The number of carbonyl (C=O) groups is 2. The van der Waals surface area contributed by atoms with Crippen molar-refractivity contribution >= 4 is 21.8 Å². The highest BCUT2D eigenvalue weighted by molar-refractivity contribution is 7.89. The molecule has 2 saturated heterocycles. The number of ether oxygens (including phenoxy) is 1. The number of ketones is 1. The van der Waals surface area contributed by atoms with Crippen molar-refractivity contribution in [2.75, 3.05) is 45.9 Å². The van der Waals surface area contributed by atoms with Gasteiger partial charge >= 0.3 is 5.97 Å². The van der Waals surface area contributed by atoms with Gasteiger partial charge in [-0.3, -0.25) is 14.5 Å². The third kappa shape index (κ3) is 6.88. The van der Waals surface area contributed by atoms with Gasteiger partial charge in [-0.25, -0.2) is 8.42 Å². The molecule has 0 bridgehead atoms. The summed E-state index contributed by atoms with van der Waals surface area (Å²) in [6.07, 6.45) is 3.23. The minimum Gasteiger partial charge on any atom is -0.466 e. The third-order valence-electron chi connectivity index (χ3n) is 7.53. The fraction of sp³-hybridized carbons (Fsp3) is 0.517. The summed E-state index contributed by atoms with van der Waals surface area (Å²) in [5.74, 6) is -0.684. The van der Waals surface area contributed by atoms with E-state index < -0.39 is 10.0 Å². The number of rotatable bonds is 11. The summed E-state index contributed by atoms with van der Waals surface area (Å²) in [7, 11) is -3.76. The molecule has 0 saturated carbocycles. The van der Waals surface area contributed by atoms with Gasteiger partial charge < -0.3 is 10.1 Å². The Morgan fingerprint density at radius 2 is 1.71 bits per heavy atom. The average molecular weight is 542 g/mol. The van der Waals surface area contributed by atoms with Gasteiger partial charge in [-0.1, -0.05) is 42.0 Å². The van der Waals surface area contributed by atoms with E-state index >= 15 is 0 Å². The van der Waals surface area contributed by atoms with Crippen LogP contribution in [0.1, 0.15) is 60.1 Å². The molecule has 38 heavy (non-hydrogen) atoms. The van der Waals surface area contributed by atoms with E-state index in [0.29, 0.717) is 31.6 Å². The van der Waals surface area contributed by atoms with Crippen molar-refractivity contribution in [2.45, 2.75) is 50.5 Å². The van der Waals surface area contributed by atoms with E-state index in [1.807, 2.05) is 0 Å². The van der Waals surface area contributed by atoms with Gasteiger partial charge in [0, 0.05) is 31.2 Å². The molecule has 2 fully saturated rings. The summed E-state index contributed by atoms with van der Waals surface area (Å²) in [6.45, 7) is 7.52. The first kappa shape index (κ1) is 28.4. The van der Waals surface area contributed by atoms with Crippen LogP contribution in [0.5, 0.6) is 0 Å². The molecule has 0 spiro atoms. The molecule has 4 rings (SSSR count). The van der Waals surface area contributed by atoms with E-state index in [2.05, 4.69) is 41.4 Å². The molecule has 206 valence electrons. The van der Waals surface area contributed by atoms with Crippen molar-refractivity contribution in [2.24, 2.45) is 5.92 Å². The zero-order valence-corrected chi connectivity index (χ0v) is 23.2. The number of aryl methyl sites for hydroxylation is 1. The lowest BCUT2D eigenvalue weighted by Gasteiger charge is -2.30. The Bertz CT molecular complexity index is 1200. The van der Waals surface area contributed by atoms with Crippen molar-refractivity contribution in [3.63, 3.8) is 0 Å². The second-order valence-corrected chi connectivity index (χ2v) is 12.1. The number of benzene rings is 2. The molecule has 2 aromatic rings. The summed E-state index contributed by atoms with van der Waals surface area (Å²) in [6, 6.07) is 15.0. The third-order valence-corrected chi connectivity index (χ3v) is 9.43. The maximum Gasteiger partial charge on any atom is 0.309 e. The Morgan fingerprint density at radius 1 is 1.03 bits per heavy atom. The molecule has 2 aromatic carbocycles. The normalized spacial score (nSPS) is 18.4. The van der Waals surface area contributed by atoms with E-state index in [1.54, 1.807) is 19.1 Å². The van der Waals surface area contributed by atoms with Crippen LogP contribution in [0, 0.1) is 12.8 Å². The van der Waals surface area contributed by atoms with Crippen LogP contribution in [-0.4, -0.2) is 75.3 Å². The molecule has 1 N–H and O–H groups in total. The van der Waals surface area contributed by atoms with Gasteiger partial charge in [0.05, 0.1) is 24.0 Å². The average Bonchev–Trinajstić information content (AvgIpc) is 3.47. The van der Waals surface area contributed by atoms with Crippen LogP contribution >= 0.6 is 0 Å². The Hall–Kier alpha value is -2.59. The fourth-order valence-electron chi connectivity index (χ4n) is 5.30. The maximum absolute atomic E-state index is 13.3. The van der Waals surface area contributed by atoms with Gasteiger partial charge in [0.2, 0.25) is 10.0 Å². The molecule has 2 aliphatic rings. The Balaban J connectivity index is 1.37. The monoisotopic (exact) mass is 541 g/mol. The Morgan fingerprint density at radius 3 is 2.37 bits per heavy atom. The molecule has 2 heterocycles. The second-order valence-electron chi connectivity index (χ2n) is 10.2. The van der Waals surface area contributed by atoms with E-state index in [1.165, 1.54) is 40.4 Å². The first-order chi connectivity index (χ1) is 18.3. The largest absolute Gasteiger partial charge is 0.466 e. The van der Waals surface area contributed by atoms with Crippen LogP contribution < -0.4 is 5.32 Å². The molecular weight excluding hydrogens is 502 g/mol. The van der Waals surface area contributed by atoms with Gasteiger partial charge in [-0.05, 0) is 70.3 Å². The molecule has 1 unspecified atom stereocenters. The van der Waals surface area contributed by atoms with Crippen molar-refractivity contribution in [3.8, 4) is 0 Å². The van der Waals surface area contributed by atoms with Crippen LogP contribution in [0.25, 0.3) is 0 Å². The van der Waals surface area contributed by atoms with Gasteiger partial charge in [-0.2, -0.15) is 4.31 Å². The van der Waals surface area contributed by atoms with Gasteiger partial charge in [-0.15, -0.1) is 0 Å². The number of Topliss-reactive ketones (excluding diaryl/α,β-unsaturated/α-hetero) is 1. The molecule has 8 nitrogen and oxygen atoms in total. The SMILES string of the molecule is CCOC(=O)C1CCN(S(=O)(=O)c2cccc(C(=O)CNCC(c3ccc(C)cc3)N3CCCC3)c2)CC1. The smallest absolute Gasteiger partial charge is 0.309 e. The predicted molar refractivity (Wildman–Crippen MR) is 146 cm³/mol. The zero-order valence-electron chi connectivity index (χ0n) is 22.4. The molecular formula is C29H39N3O5S. The predicted octanol–water partition coefficient (Wildman–Crippen LogP) is 3.57. The zero-order chi connectivity index (χ0) is 27.1. The standard InChI is InChI=1S/C29H39N3O5S/c1-3-37-29(34)24-13-17-32(18-14-24)38(35,36)26-8-6-7-25(19-26)28(33)21-30-20-27(31-15-4-5-16-31)23-11-9-22(2)10-12-23/h6-12,19,24,27,30H,3-5,13-18,20-21H2,1-2H3. The minimum atomic E-state index is -3.76. The number of likely N-dealkylation sites (tertiary alicyclic amines) is 1. The summed E-state index contributed by atoms with van der Waals surface area (Å²) < 4.78 is 33.0. The van der Waals surface area contributed by atoms with Crippen LogP contribution in [-0.2, 0) is 19.6 Å². The van der Waals surface area contributed by atoms with E-state index in [9.17, 15) is 18.0 Å². The van der Waals surface area contributed by atoms with Gasteiger partial charge in [0.25, 0.3) is 0 Å². The Kier molecular flexibility index (Phi) is 9.70. The summed E-state index contributed by atoms with van der Waals surface area (Å²) >= 11 is 0. The van der Waals surface area contributed by atoms with E-state index in [-0.39, 0.29) is 48.2 Å². The molecule has 9 heteroatoms. The number of hydrogen-bond acceptors (Lipinski definition) is 7. The molecule has 0 aromatic heterocycles. The van der Waals surface area contributed by atoms with Gasteiger partial charge in [0.1, 0.15) is 0 Å². The fourth-order valence-corrected chi connectivity index (χ4v) is 6.81. The summed E-state index contributed by atoms with van der Waals surface area (Å²) in [5, 5.41) is 3.33. The van der Waals surface area contributed by atoms with Crippen LogP contribution in [0.2, 0.25) is 0 Å². The highest BCUT2D eigenvalue weighted by Crippen LogP contribution is 2.26. The minimum absolute atomic E-state index is 0.104. The van der Waals surface area contributed by atoms with Crippen LogP contribution in [0.4, 0.5) is 0 Å². The van der Waals surface area contributed by atoms with Crippen LogP contribution in [0.3, 0.4) is 0 Å². The molecule has 2 aliphatic heterocycles. The Labute approximate surface area is 226 Å². The first-order valence-corrected chi connectivity index (χ1v) is 15.0. The number of piperidine rings is 1. The van der Waals surface area contributed by atoms with Crippen LogP contribution in [0.15, 0.2) is 53.4 Å². The quantitative estimate of drug-likeness (QED) is 0.343. The second kappa shape index (κ2) is 13.0. The number of sulfonamides is 1. The van der Waals surface area contributed by atoms with Crippen molar-refractivity contribution in [3.05, 3.63) is 65.2 Å². The molecule has 0 amide bonds. The first-order valence-electron chi connectivity index (χ1n) is 13.6. The lowest BCUT2D eigenvalue weighted by Crippen LogP contribution is -2.40. The van der Waals surface area contributed by atoms with E-state index in [4.69, 9.17) is 4.74 Å². The topological polar surface area (TPSA) is 96.0 Å². The number of nitrogens with zero attached hydrogens (tertiary/aromatic N) is 2. The number of hydrogen-bond donors (Lipinski definition) is 1. The van der Waals surface area contributed by atoms with Gasteiger partial charge in [0.15, 0.2) is 5.78 Å². The number of nitrogens with one attached hydrogen (secondary N) is 1. The summed E-state index contributed by atoms with van der Waals surface area (Å²) in [5.41, 5.74) is 2.82. The van der Waals surface area contributed by atoms with Crippen molar-refractivity contribution in [1.82, 2.24) is 14.5 Å². The highest BCUT2D eigenvalue weighted by Gasteiger charge is 2.33. The molecule has 0 radical (unpaired) electrons. The number of carbonyl (C=O) groups excluding carboxylic acids is 2. The number of esters is 1. The summed E-state index contributed by atoms with van der Waals surface area (Å²) in [4.78, 5) is 27.6. The van der Waals surface area contributed by atoms with Crippen molar-refractivity contribution in [1.29, 1.82) is 0 Å². The molecule has 1 atom stereocenters. The lowest BCUT2D eigenvalue weighted by molar-refractivity contribution is -0.149. The lowest BCUT2D eigenvalue weighted by atomic mass is 9.98. The van der Waals surface area contributed by atoms with E-state index in [0.717, 1.165) is 13.1 Å². The highest BCUT2D eigenvalue weighted by atomic mass is 32.2. The van der Waals surface area contributed by atoms with Crippen molar-refractivity contribution < 1.29 is 22.7 Å². The maximum atomic E-state index is 13.3. The molecule has 0 aliphatic carbocycles.